The Kier molecular flexibility index (Phi) is 3.64. The van der Waals surface area contributed by atoms with Crippen LogP contribution in [0.2, 0.25) is 0 Å². The van der Waals surface area contributed by atoms with Gasteiger partial charge >= 0.3 is 0 Å². The molecule has 110 valence electrons. The molecule has 0 aliphatic carbocycles. The van der Waals surface area contributed by atoms with E-state index in [0.717, 1.165) is 18.8 Å². The zero-order chi connectivity index (χ0) is 14.8. The lowest BCUT2D eigenvalue weighted by molar-refractivity contribution is -0.115. The molecule has 1 aliphatic rings. The van der Waals surface area contributed by atoms with Crippen LogP contribution in [0.1, 0.15) is 25.5 Å². The number of carbonyl (C=O) groups excluding carboxylic acids is 1. The van der Waals surface area contributed by atoms with Gasteiger partial charge in [-0.25, -0.2) is 4.68 Å². The van der Waals surface area contributed by atoms with Gasteiger partial charge < -0.3 is 10.2 Å². The summed E-state index contributed by atoms with van der Waals surface area (Å²) in [5.41, 5.74) is 2.49. The summed E-state index contributed by atoms with van der Waals surface area (Å²) in [4.78, 5) is 14.4. The Morgan fingerprint density at radius 3 is 2.95 bits per heavy atom. The molecule has 0 saturated heterocycles. The third kappa shape index (κ3) is 2.77. The third-order valence-electron chi connectivity index (χ3n) is 3.74. The molecule has 5 heteroatoms. The van der Waals surface area contributed by atoms with Gasteiger partial charge in [-0.15, -0.1) is 0 Å². The second-order valence-corrected chi connectivity index (χ2v) is 5.60. The van der Waals surface area contributed by atoms with E-state index in [1.165, 1.54) is 11.3 Å². The molecule has 21 heavy (non-hydrogen) atoms. The monoisotopic (exact) mass is 284 g/mol. The number of amides is 1. The van der Waals surface area contributed by atoms with Gasteiger partial charge in [-0.2, -0.15) is 5.10 Å². The first kappa shape index (κ1) is 13.7. The lowest BCUT2D eigenvalue weighted by Crippen LogP contribution is -2.32. The van der Waals surface area contributed by atoms with Crippen molar-refractivity contribution in [2.24, 2.45) is 0 Å². The number of hydrogen-bond acceptors (Lipinski definition) is 3. The molecule has 2 heterocycles. The Labute approximate surface area is 124 Å². The van der Waals surface area contributed by atoms with Crippen LogP contribution in [0.5, 0.6) is 0 Å². The molecule has 0 fully saturated rings. The highest BCUT2D eigenvalue weighted by Crippen LogP contribution is 2.27. The van der Waals surface area contributed by atoms with E-state index in [2.05, 4.69) is 27.4 Å². The van der Waals surface area contributed by atoms with Crippen molar-refractivity contribution in [1.29, 1.82) is 0 Å². The standard InChI is InChI=1S/C16H20N4O/c1-12(2)20-15(7-9-17-20)18-16(21)11-19-10-8-13-5-3-4-6-14(13)19/h3-7,9,12H,8,10-11H2,1-2H3,(H,18,21). The number of rotatable bonds is 4. The number of carbonyl (C=O) groups is 1. The van der Waals surface area contributed by atoms with Crippen molar-refractivity contribution in [3.05, 3.63) is 42.1 Å². The first-order valence-electron chi connectivity index (χ1n) is 7.31. The Balaban J connectivity index is 1.67. The number of nitrogens with zero attached hydrogens (tertiary/aromatic N) is 3. The van der Waals surface area contributed by atoms with Gasteiger partial charge in [0.05, 0.1) is 12.7 Å². The summed E-state index contributed by atoms with van der Waals surface area (Å²) in [6, 6.07) is 10.3. The van der Waals surface area contributed by atoms with Crippen LogP contribution in [0.25, 0.3) is 0 Å². The summed E-state index contributed by atoms with van der Waals surface area (Å²) in [5.74, 6) is 0.747. The maximum atomic E-state index is 12.3. The van der Waals surface area contributed by atoms with Crippen molar-refractivity contribution in [3.8, 4) is 0 Å². The molecule has 0 atom stereocenters. The van der Waals surface area contributed by atoms with Crippen LogP contribution < -0.4 is 10.2 Å². The van der Waals surface area contributed by atoms with Crippen molar-refractivity contribution in [1.82, 2.24) is 9.78 Å². The van der Waals surface area contributed by atoms with Gasteiger partial charge in [-0.1, -0.05) is 18.2 Å². The van der Waals surface area contributed by atoms with Crippen molar-refractivity contribution >= 4 is 17.4 Å². The van der Waals surface area contributed by atoms with Crippen LogP contribution in [0, 0.1) is 0 Å². The van der Waals surface area contributed by atoms with E-state index in [0.29, 0.717) is 6.54 Å². The van der Waals surface area contributed by atoms with E-state index >= 15 is 0 Å². The van der Waals surface area contributed by atoms with Crippen LogP contribution in [0.15, 0.2) is 36.5 Å². The minimum atomic E-state index is -0.00546. The van der Waals surface area contributed by atoms with Crippen molar-refractivity contribution < 1.29 is 4.79 Å². The molecule has 1 N–H and O–H groups in total. The quantitative estimate of drug-likeness (QED) is 0.938. The molecule has 0 spiro atoms. The largest absolute Gasteiger partial charge is 0.362 e. The first-order chi connectivity index (χ1) is 10.1. The highest BCUT2D eigenvalue weighted by Gasteiger charge is 2.21. The number of aromatic nitrogens is 2. The predicted molar refractivity (Wildman–Crippen MR) is 83.6 cm³/mol. The summed E-state index contributed by atoms with van der Waals surface area (Å²) < 4.78 is 1.82. The van der Waals surface area contributed by atoms with Gasteiger partial charge in [0.1, 0.15) is 5.82 Å². The molecule has 1 amide bonds. The van der Waals surface area contributed by atoms with Crippen LogP contribution in [0.4, 0.5) is 11.5 Å². The smallest absolute Gasteiger partial charge is 0.245 e. The summed E-state index contributed by atoms with van der Waals surface area (Å²) >= 11 is 0. The van der Waals surface area contributed by atoms with E-state index in [4.69, 9.17) is 0 Å². The molecule has 0 radical (unpaired) electrons. The van der Waals surface area contributed by atoms with E-state index in [1.807, 2.05) is 36.7 Å². The highest BCUT2D eigenvalue weighted by atomic mass is 16.2. The molecule has 1 aliphatic heterocycles. The van der Waals surface area contributed by atoms with Crippen LogP contribution in [-0.4, -0.2) is 28.8 Å². The van der Waals surface area contributed by atoms with E-state index in [9.17, 15) is 4.79 Å². The van der Waals surface area contributed by atoms with Crippen molar-refractivity contribution in [3.63, 3.8) is 0 Å². The van der Waals surface area contributed by atoms with Crippen LogP contribution >= 0.6 is 0 Å². The molecular formula is C16H20N4O. The second kappa shape index (κ2) is 5.60. The SMILES string of the molecule is CC(C)n1nccc1NC(=O)CN1CCc2ccccc21. The topological polar surface area (TPSA) is 50.2 Å². The number of hydrogen-bond donors (Lipinski definition) is 1. The number of fused-ring (bicyclic) bond motifs is 1. The summed E-state index contributed by atoms with van der Waals surface area (Å²) in [5, 5.41) is 7.17. The average molecular weight is 284 g/mol. The fraction of sp³-hybridized carbons (Fsp3) is 0.375. The van der Waals surface area contributed by atoms with E-state index < -0.39 is 0 Å². The number of benzene rings is 1. The normalized spacial score (nSPS) is 13.6. The van der Waals surface area contributed by atoms with Gasteiger partial charge in [-0.3, -0.25) is 4.79 Å². The van der Waals surface area contributed by atoms with Gasteiger partial charge in [0, 0.05) is 24.3 Å². The lowest BCUT2D eigenvalue weighted by atomic mass is 10.2. The van der Waals surface area contributed by atoms with E-state index in [1.54, 1.807) is 6.20 Å². The zero-order valence-corrected chi connectivity index (χ0v) is 12.4. The van der Waals surface area contributed by atoms with Gasteiger partial charge in [-0.05, 0) is 31.9 Å². The molecular weight excluding hydrogens is 264 g/mol. The molecule has 1 aromatic carbocycles. The molecule has 0 saturated carbocycles. The zero-order valence-electron chi connectivity index (χ0n) is 12.4. The molecule has 5 nitrogen and oxygen atoms in total. The summed E-state index contributed by atoms with van der Waals surface area (Å²) in [7, 11) is 0. The Morgan fingerprint density at radius 1 is 1.33 bits per heavy atom. The van der Waals surface area contributed by atoms with Crippen molar-refractivity contribution in [2.45, 2.75) is 26.3 Å². The molecule has 1 aromatic heterocycles. The number of nitrogens with one attached hydrogen (secondary N) is 1. The van der Waals surface area contributed by atoms with Crippen LogP contribution in [0.3, 0.4) is 0 Å². The Morgan fingerprint density at radius 2 is 2.14 bits per heavy atom. The maximum Gasteiger partial charge on any atom is 0.245 e. The van der Waals surface area contributed by atoms with Crippen LogP contribution in [-0.2, 0) is 11.2 Å². The molecule has 3 rings (SSSR count). The minimum absolute atomic E-state index is 0.00546. The number of anilines is 2. The fourth-order valence-corrected chi connectivity index (χ4v) is 2.75. The minimum Gasteiger partial charge on any atom is -0.362 e. The Hall–Kier alpha value is -2.30. The predicted octanol–water partition coefficient (Wildman–Crippen LogP) is 2.47. The van der Waals surface area contributed by atoms with Crippen molar-refractivity contribution in [2.75, 3.05) is 23.3 Å². The second-order valence-electron chi connectivity index (χ2n) is 5.60. The van der Waals surface area contributed by atoms with Gasteiger partial charge in [0.25, 0.3) is 0 Å². The third-order valence-corrected chi connectivity index (χ3v) is 3.74. The first-order valence-corrected chi connectivity index (χ1v) is 7.31. The molecule has 0 unspecified atom stereocenters. The average Bonchev–Trinajstić information content (AvgIpc) is 3.06. The van der Waals surface area contributed by atoms with E-state index in [-0.39, 0.29) is 11.9 Å². The lowest BCUT2D eigenvalue weighted by Gasteiger charge is -2.19. The summed E-state index contributed by atoms with van der Waals surface area (Å²) in [6.07, 6.45) is 2.72. The molecule has 2 aromatic rings. The highest BCUT2D eigenvalue weighted by molar-refractivity contribution is 5.93. The number of para-hydroxylation sites is 1. The summed E-state index contributed by atoms with van der Waals surface area (Å²) in [6.45, 7) is 5.36. The fourth-order valence-electron chi connectivity index (χ4n) is 2.75. The van der Waals surface area contributed by atoms with Gasteiger partial charge in [0.2, 0.25) is 5.91 Å². The maximum absolute atomic E-state index is 12.3. The Bertz CT molecular complexity index is 647. The molecule has 0 bridgehead atoms. The van der Waals surface area contributed by atoms with Gasteiger partial charge in [0.15, 0.2) is 0 Å².